The molecule has 9 heteroatoms. The number of phenols is 1. The van der Waals surface area contributed by atoms with Crippen molar-refractivity contribution in [2.75, 3.05) is 11.9 Å². The lowest BCUT2D eigenvalue weighted by Gasteiger charge is -2.14. The summed E-state index contributed by atoms with van der Waals surface area (Å²) in [5, 5.41) is 14.4. The number of anilines is 1. The Labute approximate surface area is 200 Å². The molecule has 4 rings (SSSR count). The lowest BCUT2D eigenvalue weighted by atomic mass is 10.0. The van der Waals surface area contributed by atoms with Crippen molar-refractivity contribution in [2.24, 2.45) is 0 Å². The minimum absolute atomic E-state index is 0.0679. The van der Waals surface area contributed by atoms with Crippen LogP contribution in [0.1, 0.15) is 12.0 Å². The number of alkyl halides is 2. The second-order valence-corrected chi connectivity index (χ2v) is 8.14. The van der Waals surface area contributed by atoms with E-state index in [1.54, 1.807) is 36.8 Å². The molecule has 4 aromatic rings. The minimum Gasteiger partial charge on any atom is -0.507 e. The van der Waals surface area contributed by atoms with Crippen LogP contribution in [0.2, 0.25) is 5.02 Å². The number of ether oxygens (including phenoxy) is 1. The van der Waals surface area contributed by atoms with E-state index in [2.05, 4.69) is 20.0 Å². The van der Waals surface area contributed by atoms with Gasteiger partial charge in [-0.2, -0.15) is 8.78 Å². The number of halogens is 3. The molecular weight excluding hydrogens is 462 g/mol. The van der Waals surface area contributed by atoms with Gasteiger partial charge in [0, 0.05) is 36.1 Å². The first-order valence-corrected chi connectivity index (χ1v) is 11.0. The van der Waals surface area contributed by atoms with Gasteiger partial charge in [-0.15, -0.1) is 0 Å². The molecule has 6 nitrogen and oxygen atoms in total. The highest BCUT2D eigenvalue weighted by Gasteiger charge is 2.13. The molecule has 0 aliphatic heterocycles. The molecule has 176 valence electrons. The fourth-order valence-corrected chi connectivity index (χ4v) is 3.69. The number of aryl methyl sites for hydroxylation is 2. The van der Waals surface area contributed by atoms with Gasteiger partial charge < -0.3 is 19.7 Å². The number of rotatable bonds is 9. The molecule has 0 saturated heterocycles. The Morgan fingerprint density at radius 2 is 1.91 bits per heavy atom. The van der Waals surface area contributed by atoms with Gasteiger partial charge in [0.05, 0.1) is 12.0 Å². The smallest absolute Gasteiger partial charge is 0.387 e. The molecular formula is C25H23ClF2N4O2. The number of imidazole rings is 1. The largest absolute Gasteiger partial charge is 0.507 e. The van der Waals surface area contributed by atoms with Crippen LogP contribution in [0, 0.1) is 6.92 Å². The van der Waals surface area contributed by atoms with Crippen molar-refractivity contribution in [3.8, 4) is 33.9 Å². The molecule has 0 fully saturated rings. The fourth-order valence-electron chi connectivity index (χ4n) is 3.52. The molecule has 0 atom stereocenters. The van der Waals surface area contributed by atoms with Gasteiger partial charge in [-0.05, 0) is 66.4 Å². The quantitative estimate of drug-likeness (QED) is 0.269. The normalized spacial score (nSPS) is 11.1. The third kappa shape index (κ3) is 5.82. The van der Waals surface area contributed by atoms with Gasteiger partial charge >= 0.3 is 6.61 Å². The van der Waals surface area contributed by atoms with Crippen LogP contribution in [0.25, 0.3) is 22.4 Å². The van der Waals surface area contributed by atoms with E-state index in [0.717, 1.165) is 29.7 Å². The molecule has 0 unspecified atom stereocenters. The van der Waals surface area contributed by atoms with Gasteiger partial charge in [0.1, 0.15) is 17.3 Å². The van der Waals surface area contributed by atoms with Crippen LogP contribution in [0.4, 0.5) is 14.6 Å². The average molecular weight is 485 g/mol. The Hall–Kier alpha value is -3.65. The molecule has 0 spiro atoms. The Morgan fingerprint density at radius 3 is 2.62 bits per heavy atom. The number of benzene rings is 2. The highest BCUT2D eigenvalue weighted by Crippen LogP contribution is 2.36. The molecule has 0 radical (unpaired) electrons. The van der Waals surface area contributed by atoms with E-state index >= 15 is 0 Å². The van der Waals surface area contributed by atoms with E-state index in [0.29, 0.717) is 28.6 Å². The van der Waals surface area contributed by atoms with Gasteiger partial charge in [-0.25, -0.2) is 9.97 Å². The minimum atomic E-state index is -2.88. The lowest BCUT2D eigenvalue weighted by Crippen LogP contribution is -2.07. The van der Waals surface area contributed by atoms with Gasteiger partial charge in [0.2, 0.25) is 0 Å². The highest BCUT2D eigenvalue weighted by molar-refractivity contribution is 6.31. The first-order chi connectivity index (χ1) is 16.4. The Kier molecular flexibility index (Phi) is 7.27. The van der Waals surface area contributed by atoms with E-state index in [1.165, 1.54) is 12.1 Å². The Balaban J connectivity index is 1.63. The van der Waals surface area contributed by atoms with Crippen molar-refractivity contribution in [1.29, 1.82) is 0 Å². The van der Waals surface area contributed by atoms with E-state index in [4.69, 9.17) is 11.6 Å². The van der Waals surface area contributed by atoms with Gasteiger partial charge in [0.15, 0.2) is 0 Å². The summed E-state index contributed by atoms with van der Waals surface area (Å²) in [5.74, 6) is 0.759. The van der Waals surface area contributed by atoms with E-state index in [9.17, 15) is 13.9 Å². The zero-order valence-corrected chi connectivity index (χ0v) is 19.1. The summed E-state index contributed by atoms with van der Waals surface area (Å²) < 4.78 is 31.4. The second-order valence-electron chi connectivity index (χ2n) is 7.73. The summed E-state index contributed by atoms with van der Waals surface area (Å²) in [4.78, 5) is 8.72. The molecule has 0 aliphatic carbocycles. The van der Waals surface area contributed by atoms with Crippen LogP contribution in [0.15, 0.2) is 67.3 Å². The predicted octanol–water partition coefficient (Wildman–Crippen LogP) is 6.38. The van der Waals surface area contributed by atoms with Gasteiger partial charge in [0.25, 0.3) is 0 Å². The number of nitrogens with one attached hydrogen (secondary N) is 1. The summed E-state index contributed by atoms with van der Waals surface area (Å²) in [5.41, 5.74) is 3.36. The van der Waals surface area contributed by atoms with Crippen molar-refractivity contribution in [2.45, 2.75) is 26.5 Å². The molecule has 2 aromatic carbocycles. The topological polar surface area (TPSA) is 72.2 Å². The second kappa shape index (κ2) is 10.5. The average Bonchev–Trinajstić information content (AvgIpc) is 3.33. The number of pyridine rings is 1. The number of nitrogens with zero attached hydrogens (tertiary/aromatic N) is 3. The fraction of sp³-hybridized carbons (Fsp3) is 0.200. The van der Waals surface area contributed by atoms with Crippen molar-refractivity contribution in [3.05, 3.63) is 77.8 Å². The number of aromatic nitrogens is 3. The molecule has 2 heterocycles. The van der Waals surface area contributed by atoms with Crippen LogP contribution in [0.3, 0.4) is 0 Å². The number of aromatic hydroxyl groups is 1. The van der Waals surface area contributed by atoms with Crippen molar-refractivity contribution >= 4 is 17.4 Å². The molecule has 2 aromatic heterocycles. The zero-order valence-electron chi connectivity index (χ0n) is 18.4. The molecule has 2 N–H and O–H groups in total. The monoisotopic (exact) mass is 484 g/mol. The molecule has 0 saturated carbocycles. The molecule has 0 bridgehead atoms. The van der Waals surface area contributed by atoms with Crippen molar-refractivity contribution in [1.82, 2.24) is 14.5 Å². The van der Waals surface area contributed by atoms with Crippen LogP contribution >= 0.6 is 11.6 Å². The summed E-state index contributed by atoms with van der Waals surface area (Å²) in [7, 11) is 0. The highest BCUT2D eigenvalue weighted by atomic mass is 35.5. The van der Waals surface area contributed by atoms with Crippen LogP contribution in [0.5, 0.6) is 11.5 Å². The predicted molar refractivity (Wildman–Crippen MR) is 128 cm³/mol. The van der Waals surface area contributed by atoms with Crippen LogP contribution in [-0.4, -0.2) is 32.8 Å². The number of phenolic OH excluding ortho intramolecular Hbond substituents is 1. The van der Waals surface area contributed by atoms with E-state index < -0.39 is 6.61 Å². The van der Waals surface area contributed by atoms with Crippen LogP contribution in [-0.2, 0) is 6.54 Å². The maximum absolute atomic E-state index is 12.5. The first-order valence-electron chi connectivity index (χ1n) is 10.7. The van der Waals surface area contributed by atoms with Gasteiger partial charge in [-0.3, -0.25) is 0 Å². The molecule has 34 heavy (non-hydrogen) atoms. The van der Waals surface area contributed by atoms with E-state index in [-0.39, 0.29) is 11.5 Å². The van der Waals surface area contributed by atoms with Gasteiger partial charge in [-0.1, -0.05) is 23.7 Å². The standard InChI is InChI=1S/C25H23ClF2N4O2/c1-16-11-23(33)20(14-21(16)26)22-12-18(17-3-5-19(6-4-17)34-25(27)28)13-24(31-22)30-7-2-9-32-10-8-29-15-32/h3-6,8,10-15,25,33H,2,7,9H2,1H3,(H,30,31). The number of hydrogen-bond donors (Lipinski definition) is 2. The van der Waals surface area contributed by atoms with Crippen LogP contribution < -0.4 is 10.1 Å². The Bertz CT molecular complexity index is 1250. The zero-order chi connectivity index (χ0) is 24.1. The molecule has 0 aliphatic rings. The molecule has 0 amide bonds. The summed E-state index contributed by atoms with van der Waals surface area (Å²) in [6.45, 7) is 0.396. The summed E-state index contributed by atoms with van der Waals surface area (Å²) in [6.07, 6.45) is 6.25. The van der Waals surface area contributed by atoms with Crippen molar-refractivity contribution in [3.63, 3.8) is 0 Å². The maximum Gasteiger partial charge on any atom is 0.387 e. The SMILES string of the molecule is Cc1cc(O)c(-c2cc(-c3ccc(OC(F)F)cc3)cc(NCCCn3ccnc3)n2)cc1Cl. The summed E-state index contributed by atoms with van der Waals surface area (Å²) >= 11 is 6.31. The summed E-state index contributed by atoms with van der Waals surface area (Å²) in [6, 6.07) is 13.3. The Morgan fingerprint density at radius 1 is 1.12 bits per heavy atom. The third-order valence-electron chi connectivity index (χ3n) is 5.25. The third-order valence-corrected chi connectivity index (χ3v) is 5.66. The van der Waals surface area contributed by atoms with Crippen molar-refractivity contribution < 1.29 is 18.6 Å². The van der Waals surface area contributed by atoms with E-state index in [1.807, 2.05) is 29.8 Å². The maximum atomic E-state index is 12.5. The number of hydrogen-bond acceptors (Lipinski definition) is 5. The first kappa shape index (κ1) is 23.5. The lowest BCUT2D eigenvalue weighted by molar-refractivity contribution is -0.0498.